The Kier molecular flexibility index (Phi) is 4.66. The van der Waals surface area contributed by atoms with Gasteiger partial charge in [0.05, 0.1) is 11.9 Å². The maximum Gasteiger partial charge on any atom is 0.327 e. The molecule has 3 aromatic rings. The quantitative estimate of drug-likeness (QED) is 0.533. The van der Waals surface area contributed by atoms with Crippen LogP contribution in [0.2, 0.25) is 0 Å². The zero-order valence-electron chi connectivity index (χ0n) is 15.4. The number of imidazole rings is 1. The van der Waals surface area contributed by atoms with Gasteiger partial charge in [0, 0.05) is 0 Å². The van der Waals surface area contributed by atoms with E-state index >= 15 is 0 Å². The molecule has 1 unspecified atom stereocenters. The fourth-order valence-corrected chi connectivity index (χ4v) is 4.38. The minimum Gasteiger partial charge on any atom is -0.451 e. The monoisotopic (exact) mass is 430 g/mol. The molecule has 3 heterocycles. The number of anilines is 1. The molecule has 0 spiro atoms. The lowest BCUT2D eigenvalue weighted by Crippen LogP contribution is -2.38. The molecule has 0 saturated carbocycles. The van der Waals surface area contributed by atoms with Gasteiger partial charge >= 0.3 is 5.97 Å². The minimum absolute atomic E-state index is 0.0246. The fraction of sp³-hybridized carbons (Fsp3) is 0.176. The number of aromatic nitrogens is 4. The summed E-state index contributed by atoms with van der Waals surface area (Å²) in [7, 11) is -4.16. The first kappa shape index (κ1) is 19.4. The lowest BCUT2D eigenvalue weighted by Gasteiger charge is -2.17. The van der Waals surface area contributed by atoms with Gasteiger partial charge in [-0.05, 0) is 19.1 Å². The number of hydrogen-bond acceptors (Lipinski definition) is 9. The van der Waals surface area contributed by atoms with Gasteiger partial charge in [-0.15, -0.1) is 0 Å². The summed E-state index contributed by atoms with van der Waals surface area (Å²) in [6.45, 7) is 0.444. The Morgan fingerprint density at radius 3 is 2.77 bits per heavy atom. The standard InChI is InChI=1S/C17H14N6O6S/c1-9(16(25)22-15-13-14(19-7-18-13)20-8-21-15)29-12(24)6-23-17(26)10-4-2-3-5-11(10)30(23,27)28/h2-5,7-9H,6H2,1H3,(H2,18,19,20,21,22,25). The van der Waals surface area contributed by atoms with Crippen molar-refractivity contribution >= 4 is 44.8 Å². The predicted octanol–water partition coefficient (Wildman–Crippen LogP) is 0.0678. The highest BCUT2D eigenvalue weighted by Gasteiger charge is 2.42. The van der Waals surface area contributed by atoms with Crippen molar-refractivity contribution in [3.05, 3.63) is 42.5 Å². The average molecular weight is 430 g/mol. The molecule has 4 rings (SSSR count). The molecule has 0 bridgehead atoms. The molecule has 0 fully saturated rings. The van der Waals surface area contributed by atoms with Crippen LogP contribution in [0.15, 0.2) is 41.8 Å². The predicted molar refractivity (Wildman–Crippen MR) is 101 cm³/mol. The number of rotatable bonds is 5. The van der Waals surface area contributed by atoms with Gasteiger partial charge < -0.3 is 15.0 Å². The Balaban J connectivity index is 1.42. The number of aromatic amines is 1. The van der Waals surface area contributed by atoms with E-state index in [4.69, 9.17) is 4.74 Å². The molecule has 13 heteroatoms. The van der Waals surface area contributed by atoms with Crippen LogP contribution < -0.4 is 5.32 Å². The third kappa shape index (κ3) is 3.24. The summed E-state index contributed by atoms with van der Waals surface area (Å²) in [5, 5.41) is 2.47. The number of nitrogens with zero attached hydrogens (tertiary/aromatic N) is 4. The second-order valence-electron chi connectivity index (χ2n) is 6.26. The van der Waals surface area contributed by atoms with Crippen molar-refractivity contribution in [3.63, 3.8) is 0 Å². The van der Waals surface area contributed by atoms with E-state index < -0.39 is 40.5 Å². The van der Waals surface area contributed by atoms with Crippen molar-refractivity contribution in [3.8, 4) is 0 Å². The Hall–Kier alpha value is -3.87. The maximum absolute atomic E-state index is 12.5. The largest absolute Gasteiger partial charge is 0.451 e. The summed E-state index contributed by atoms with van der Waals surface area (Å²) >= 11 is 0. The molecule has 0 saturated heterocycles. The second-order valence-corrected chi connectivity index (χ2v) is 8.09. The number of ether oxygens (including phenoxy) is 1. The Bertz CT molecular complexity index is 1290. The van der Waals surface area contributed by atoms with E-state index in [0.717, 1.165) is 0 Å². The van der Waals surface area contributed by atoms with Crippen LogP contribution in [-0.4, -0.2) is 63.1 Å². The van der Waals surface area contributed by atoms with E-state index in [1.165, 1.54) is 43.8 Å². The summed E-state index contributed by atoms with van der Waals surface area (Å²) in [6.07, 6.45) is 1.30. The van der Waals surface area contributed by atoms with Crippen molar-refractivity contribution < 1.29 is 27.5 Å². The highest BCUT2D eigenvalue weighted by Crippen LogP contribution is 2.29. The SMILES string of the molecule is CC(OC(=O)CN1C(=O)c2ccccc2S1(=O)=O)C(=O)Nc1ncnc2nc[nH]c12. The average Bonchev–Trinajstić information content (AvgIpc) is 3.27. The van der Waals surface area contributed by atoms with Gasteiger partial charge in [-0.1, -0.05) is 12.1 Å². The van der Waals surface area contributed by atoms with Gasteiger partial charge in [-0.2, -0.15) is 0 Å². The van der Waals surface area contributed by atoms with Gasteiger partial charge in [-0.3, -0.25) is 14.4 Å². The van der Waals surface area contributed by atoms with Crippen LogP contribution >= 0.6 is 0 Å². The van der Waals surface area contributed by atoms with E-state index in [-0.39, 0.29) is 16.3 Å². The van der Waals surface area contributed by atoms with E-state index in [0.29, 0.717) is 15.5 Å². The number of nitrogens with one attached hydrogen (secondary N) is 2. The maximum atomic E-state index is 12.5. The highest BCUT2D eigenvalue weighted by atomic mass is 32.2. The number of sulfonamides is 1. The number of benzene rings is 1. The Morgan fingerprint density at radius 2 is 2.00 bits per heavy atom. The van der Waals surface area contributed by atoms with Gasteiger partial charge in [0.15, 0.2) is 17.6 Å². The molecule has 1 atom stereocenters. The molecule has 154 valence electrons. The Labute approximate surface area is 169 Å². The second kappa shape index (κ2) is 7.18. The number of amides is 2. The van der Waals surface area contributed by atoms with Crippen LogP contribution in [0.5, 0.6) is 0 Å². The molecule has 12 nitrogen and oxygen atoms in total. The van der Waals surface area contributed by atoms with Gasteiger partial charge in [0.1, 0.15) is 23.3 Å². The van der Waals surface area contributed by atoms with Crippen molar-refractivity contribution in [2.75, 3.05) is 11.9 Å². The van der Waals surface area contributed by atoms with Crippen molar-refractivity contribution in [2.45, 2.75) is 17.9 Å². The van der Waals surface area contributed by atoms with E-state index in [1.807, 2.05) is 0 Å². The smallest absolute Gasteiger partial charge is 0.327 e. The molecule has 1 aliphatic heterocycles. The van der Waals surface area contributed by atoms with Crippen LogP contribution in [0.1, 0.15) is 17.3 Å². The summed E-state index contributed by atoms with van der Waals surface area (Å²) in [4.78, 5) is 51.3. The number of esters is 1. The first-order valence-corrected chi connectivity index (χ1v) is 10.0. The van der Waals surface area contributed by atoms with Crippen LogP contribution in [-0.2, 0) is 24.3 Å². The zero-order valence-corrected chi connectivity index (χ0v) is 16.2. The number of fused-ring (bicyclic) bond motifs is 2. The van der Waals surface area contributed by atoms with E-state index in [9.17, 15) is 22.8 Å². The number of carbonyl (C=O) groups excluding carboxylic acids is 3. The molecule has 2 aromatic heterocycles. The normalized spacial score (nSPS) is 15.6. The van der Waals surface area contributed by atoms with Crippen LogP contribution in [0.25, 0.3) is 11.2 Å². The third-order valence-electron chi connectivity index (χ3n) is 4.33. The first-order chi connectivity index (χ1) is 14.3. The molecular formula is C17H14N6O6S. The van der Waals surface area contributed by atoms with E-state index in [1.54, 1.807) is 0 Å². The van der Waals surface area contributed by atoms with Crippen molar-refractivity contribution in [1.82, 2.24) is 24.2 Å². The van der Waals surface area contributed by atoms with Crippen molar-refractivity contribution in [2.24, 2.45) is 0 Å². The molecule has 2 N–H and O–H groups in total. The molecule has 1 aliphatic rings. The summed E-state index contributed by atoms with van der Waals surface area (Å²) in [5.41, 5.74) is 0.696. The summed E-state index contributed by atoms with van der Waals surface area (Å²) < 4.78 is 30.4. The first-order valence-electron chi connectivity index (χ1n) is 8.59. The topological polar surface area (TPSA) is 164 Å². The van der Waals surface area contributed by atoms with Crippen LogP contribution in [0, 0.1) is 0 Å². The van der Waals surface area contributed by atoms with Crippen LogP contribution in [0.3, 0.4) is 0 Å². The molecule has 1 aromatic carbocycles. The highest BCUT2D eigenvalue weighted by molar-refractivity contribution is 7.90. The van der Waals surface area contributed by atoms with Gasteiger partial charge in [0.2, 0.25) is 0 Å². The van der Waals surface area contributed by atoms with Gasteiger partial charge in [-0.25, -0.2) is 27.7 Å². The zero-order chi connectivity index (χ0) is 21.5. The number of hydrogen-bond donors (Lipinski definition) is 2. The molecule has 0 aliphatic carbocycles. The number of H-pyrrole nitrogens is 1. The molecule has 0 radical (unpaired) electrons. The summed E-state index contributed by atoms with van der Waals surface area (Å²) in [6, 6.07) is 5.63. The molecular weight excluding hydrogens is 416 g/mol. The third-order valence-corrected chi connectivity index (χ3v) is 6.11. The number of carbonyl (C=O) groups is 3. The van der Waals surface area contributed by atoms with Gasteiger partial charge in [0.25, 0.3) is 21.8 Å². The summed E-state index contributed by atoms with van der Waals surface area (Å²) in [5.74, 6) is -2.46. The van der Waals surface area contributed by atoms with E-state index in [2.05, 4.69) is 25.3 Å². The molecule has 2 amide bonds. The van der Waals surface area contributed by atoms with Crippen molar-refractivity contribution in [1.29, 1.82) is 0 Å². The fourth-order valence-electron chi connectivity index (χ4n) is 2.87. The minimum atomic E-state index is -4.16. The Morgan fingerprint density at radius 1 is 1.23 bits per heavy atom. The lowest BCUT2D eigenvalue weighted by atomic mass is 10.2. The van der Waals surface area contributed by atoms with Crippen LogP contribution in [0.4, 0.5) is 5.82 Å². The molecule has 30 heavy (non-hydrogen) atoms. The lowest BCUT2D eigenvalue weighted by molar-refractivity contribution is -0.152.